The average molecular weight is 244 g/mol. The molecule has 4 nitrogen and oxygen atoms in total. The van der Waals surface area contributed by atoms with Crippen molar-refractivity contribution < 1.29 is 12.8 Å². The van der Waals surface area contributed by atoms with Crippen molar-refractivity contribution in [3.63, 3.8) is 0 Å². The third-order valence-corrected chi connectivity index (χ3v) is 4.32. The minimum Gasteiger partial charge on any atom is -0.325 e. The predicted octanol–water partition coefficient (Wildman–Crippen LogP) is 0.298. The van der Waals surface area contributed by atoms with Gasteiger partial charge in [-0.1, -0.05) is 12.1 Å². The Labute approximate surface area is 93.9 Å². The highest BCUT2D eigenvalue weighted by Crippen LogP contribution is 2.16. The zero-order valence-electron chi connectivity index (χ0n) is 8.64. The van der Waals surface area contributed by atoms with Gasteiger partial charge in [-0.05, 0) is 17.7 Å². The van der Waals surface area contributed by atoms with Gasteiger partial charge in [0.1, 0.15) is 5.82 Å². The highest BCUT2D eigenvalue weighted by Gasteiger charge is 2.33. The third kappa shape index (κ3) is 2.40. The second-order valence-electron chi connectivity index (χ2n) is 3.96. The molecule has 0 amide bonds. The van der Waals surface area contributed by atoms with Crippen molar-refractivity contribution in [3.8, 4) is 0 Å². The van der Waals surface area contributed by atoms with Gasteiger partial charge < -0.3 is 5.73 Å². The molecule has 0 spiro atoms. The minimum absolute atomic E-state index is 0.0528. The highest BCUT2D eigenvalue weighted by atomic mass is 32.2. The van der Waals surface area contributed by atoms with Crippen molar-refractivity contribution in [1.29, 1.82) is 0 Å². The largest absolute Gasteiger partial charge is 0.325 e. The van der Waals surface area contributed by atoms with Crippen molar-refractivity contribution in [2.24, 2.45) is 5.73 Å². The van der Waals surface area contributed by atoms with E-state index in [9.17, 15) is 12.8 Å². The Kier molecular flexibility index (Phi) is 2.96. The first-order valence-corrected chi connectivity index (χ1v) is 6.56. The zero-order chi connectivity index (χ0) is 11.8. The Morgan fingerprint density at radius 1 is 1.31 bits per heavy atom. The highest BCUT2D eigenvalue weighted by molar-refractivity contribution is 7.88. The summed E-state index contributed by atoms with van der Waals surface area (Å²) in [4.78, 5) is 0. The van der Waals surface area contributed by atoms with Crippen LogP contribution in [0.2, 0.25) is 0 Å². The first-order chi connectivity index (χ1) is 7.47. The molecule has 1 aromatic rings. The molecule has 0 atom stereocenters. The summed E-state index contributed by atoms with van der Waals surface area (Å²) in [5.41, 5.74) is 6.11. The molecule has 0 radical (unpaired) electrons. The first-order valence-electron chi connectivity index (χ1n) is 4.95. The molecule has 0 unspecified atom stereocenters. The molecule has 1 aliphatic rings. The number of nitrogens with zero attached hydrogens (tertiary/aromatic N) is 1. The Hall–Kier alpha value is -0.980. The first kappa shape index (κ1) is 11.5. The van der Waals surface area contributed by atoms with Gasteiger partial charge in [0.25, 0.3) is 0 Å². The molecule has 1 aliphatic heterocycles. The second-order valence-corrected chi connectivity index (χ2v) is 5.93. The molecule has 16 heavy (non-hydrogen) atoms. The van der Waals surface area contributed by atoms with Crippen molar-refractivity contribution in [1.82, 2.24) is 4.31 Å². The molecule has 88 valence electrons. The molecular formula is C10H13FN2O2S. The normalized spacial score (nSPS) is 18.4. The van der Waals surface area contributed by atoms with Crippen LogP contribution in [0.25, 0.3) is 0 Å². The van der Waals surface area contributed by atoms with Gasteiger partial charge in [-0.15, -0.1) is 0 Å². The molecular weight excluding hydrogens is 231 g/mol. The molecule has 1 heterocycles. The van der Waals surface area contributed by atoms with Crippen LogP contribution in [0.5, 0.6) is 0 Å². The molecule has 0 bridgehead atoms. The van der Waals surface area contributed by atoms with E-state index in [1.54, 1.807) is 0 Å². The summed E-state index contributed by atoms with van der Waals surface area (Å²) < 4.78 is 37.6. The van der Waals surface area contributed by atoms with E-state index in [4.69, 9.17) is 5.73 Å². The number of halogens is 1. The van der Waals surface area contributed by atoms with E-state index in [0.717, 1.165) is 0 Å². The summed E-state index contributed by atoms with van der Waals surface area (Å²) in [7, 11) is -3.29. The molecule has 1 fully saturated rings. The fraction of sp³-hybridized carbons (Fsp3) is 0.400. The lowest BCUT2D eigenvalue weighted by Crippen LogP contribution is -2.57. The molecule has 1 aromatic carbocycles. The number of benzene rings is 1. The molecule has 1 saturated heterocycles. The van der Waals surface area contributed by atoms with Crippen LogP contribution in [-0.4, -0.2) is 31.9 Å². The maximum Gasteiger partial charge on any atom is 0.218 e. The van der Waals surface area contributed by atoms with E-state index in [1.165, 1.54) is 28.6 Å². The van der Waals surface area contributed by atoms with E-state index in [1.807, 2.05) is 0 Å². The number of hydrogen-bond donors (Lipinski definition) is 1. The molecule has 0 aromatic heterocycles. The Morgan fingerprint density at radius 2 is 1.88 bits per heavy atom. The second kappa shape index (κ2) is 4.12. The van der Waals surface area contributed by atoms with Gasteiger partial charge in [0.2, 0.25) is 10.0 Å². The lowest BCUT2D eigenvalue weighted by atomic mass is 10.2. The molecule has 6 heteroatoms. The van der Waals surface area contributed by atoms with Crippen LogP contribution >= 0.6 is 0 Å². The summed E-state index contributed by atoms with van der Waals surface area (Å²) in [6.07, 6.45) is 0. The Bertz CT molecular complexity index is 466. The Morgan fingerprint density at radius 3 is 2.38 bits per heavy atom. The predicted molar refractivity (Wildman–Crippen MR) is 58.6 cm³/mol. The van der Waals surface area contributed by atoms with Crippen LogP contribution in [0.3, 0.4) is 0 Å². The summed E-state index contributed by atoms with van der Waals surface area (Å²) in [5.74, 6) is -0.466. The fourth-order valence-corrected chi connectivity index (χ4v) is 3.21. The minimum atomic E-state index is -3.29. The number of rotatable bonds is 3. The SMILES string of the molecule is NC1CN(S(=O)(=O)Cc2ccc(F)cc2)C1. The zero-order valence-corrected chi connectivity index (χ0v) is 9.45. The summed E-state index contributed by atoms with van der Waals surface area (Å²) in [5, 5.41) is 0. The van der Waals surface area contributed by atoms with E-state index in [-0.39, 0.29) is 17.6 Å². The number of nitrogens with two attached hydrogens (primary N) is 1. The number of sulfonamides is 1. The molecule has 0 aliphatic carbocycles. The maximum absolute atomic E-state index is 12.6. The van der Waals surface area contributed by atoms with Crippen LogP contribution in [0.1, 0.15) is 5.56 Å². The fourth-order valence-electron chi connectivity index (χ4n) is 1.58. The standard InChI is InChI=1S/C10H13FN2O2S/c11-9-3-1-8(2-4-9)7-16(14,15)13-5-10(12)6-13/h1-4,10H,5-7,12H2. The van der Waals surface area contributed by atoms with Crippen LogP contribution in [-0.2, 0) is 15.8 Å². The topological polar surface area (TPSA) is 63.4 Å². The van der Waals surface area contributed by atoms with Crippen molar-refractivity contribution in [2.75, 3.05) is 13.1 Å². The van der Waals surface area contributed by atoms with E-state index in [0.29, 0.717) is 18.7 Å². The quantitative estimate of drug-likeness (QED) is 0.831. The third-order valence-electron chi connectivity index (χ3n) is 2.53. The van der Waals surface area contributed by atoms with E-state index >= 15 is 0 Å². The smallest absolute Gasteiger partial charge is 0.218 e. The molecule has 2 N–H and O–H groups in total. The lowest BCUT2D eigenvalue weighted by Gasteiger charge is -2.35. The Balaban J connectivity index is 2.06. The van der Waals surface area contributed by atoms with Gasteiger partial charge in [0.05, 0.1) is 5.75 Å². The van der Waals surface area contributed by atoms with Gasteiger partial charge in [-0.2, -0.15) is 4.31 Å². The van der Waals surface area contributed by atoms with Gasteiger partial charge >= 0.3 is 0 Å². The summed E-state index contributed by atoms with van der Waals surface area (Å²) in [6, 6.07) is 5.42. The van der Waals surface area contributed by atoms with Gasteiger partial charge in [0, 0.05) is 19.1 Å². The van der Waals surface area contributed by atoms with Crippen molar-refractivity contribution >= 4 is 10.0 Å². The molecule has 0 saturated carbocycles. The monoisotopic (exact) mass is 244 g/mol. The van der Waals surface area contributed by atoms with Gasteiger partial charge in [-0.3, -0.25) is 0 Å². The van der Waals surface area contributed by atoms with Crippen molar-refractivity contribution in [3.05, 3.63) is 35.6 Å². The number of hydrogen-bond acceptors (Lipinski definition) is 3. The maximum atomic E-state index is 12.6. The van der Waals surface area contributed by atoms with Gasteiger partial charge in [0.15, 0.2) is 0 Å². The van der Waals surface area contributed by atoms with Crippen molar-refractivity contribution in [2.45, 2.75) is 11.8 Å². The van der Waals surface area contributed by atoms with Crippen LogP contribution in [0.15, 0.2) is 24.3 Å². The summed E-state index contributed by atoms with van der Waals surface area (Å²) in [6.45, 7) is 0.757. The molecule has 2 rings (SSSR count). The van der Waals surface area contributed by atoms with E-state index in [2.05, 4.69) is 0 Å². The van der Waals surface area contributed by atoms with Crippen LogP contribution in [0, 0.1) is 5.82 Å². The lowest BCUT2D eigenvalue weighted by molar-refractivity contribution is 0.265. The van der Waals surface area contributed by atoms with Crippen LogP contribution in [0.4, 0.5) is 4.39 Å². The average Bonchev–Trinajstić information content (AvgIpc) is 2.16. The summed E-state index contributed by atoms with van der Waals surface area (Å²) >= 11 is 0. The van der Waals surface area contributed by atoms with E-state index < -0.39 is 10.0 Å². The van der Waals surface area contributed by atoms with Gasteiger partial charge in [-0.25, -0.2) is 12.8 Å². The van der Waals surface area contributed by atoms with Crippen LogP contribution < -0.4 is 5.73 Å².